The number of alkyl halides is 2. The Morgan fingerprint density at radius 3 is 2.52 bits per heavy atom. The van der Waals surface area contributed by atoms with Crippen LogP contribution in [0, 0.1) is 13.3 Å². The second-order valence-corrected chi connectivity index (χ2v) is 7.40. The highest BCUT2D eigenvalue weighted by Crippen LogP contribution is 2.28. The van der Waals surface area contributed by atoms with Gasteiger partial charge in [-0.25, -0.2) is 15.0 Å². The van der Waals surface area contributed by atoms with Crippen LogP contribution in [0.1, 0.15) is 11.4 Å². The lowest BCUT2D eigenvalue weighted by Crippen LogP contribution is -2.38. The molecule has 1 radical (unpaired) electrons. The van der Waals surface area contributed by atoms with Crippen LogP contribution in [0.5, 0.6) is 5.75 Å². The van der Waals surface area contributed by atoms with E-state index >= 15 is 0 Å². The van der Waals surface area contributed by atoms with Gasteiger partial charge in [-0.15, -0.1) is 0 Å². The number of aromatic nitrogens is 4. The first-order valence-electron chi connectivity index (χ1n) is 9.97. The maximum atomic E-state index is 12.8. The van der Waals surface area contributed by atoms with E-state index in [0.29, 0.717) is 12.1 Å². The molecule has 8 heteroatoms. The maximum absolute atomic E-state index is 12.8. The van der Waals surface area contributed by atoms with Gasteiger partial charge in [-0.2, -0.15) is 8.78 Å². The number of anilines is 1. The van der Waals surface area contributed by atoms with E-state index in [-0.39, 0.29) is 5.75 Å². The van der Waals surface area contributed by atoms with Crippen LogP contribution in [0.3, 0.4) is 0 Å². The molecular weight excluding hydrogens is 400 g/mol. The van der Waals surface area contributed by atoms with Gasteiger partial charge >= 0.3 is 6.61 Å². The van der Waals surface area contributed by atoms with E-state index < -0.39 is 6.61 Å². The fraction of sp³-hybridized carbons (Fsp3) is 0.217. The summed E-state index contributed by atoms with van der Waals surface area (Å²) in [6.07, 6.45) is 5.81. The summed E-state index contributed by atoms with van der Waals surface area (Å²) in [6.45, 7) is 1.15. The van der Waals surface area contributed by atoms with Crippen LogP contribution in [0.2, 0.25) is 0 Å². The first kappa shape index (κ1) is 19.4. The Morgan fingerprint density at radius 1 is 1.03 bits per heavy atom. The summed E-state index contributed by atoms with van der Waals surface area (Å²) in [5, 5.41) is 0. The quantitative estimate of drug-likeness (QED) is 0.461. The van der Waals surface area contributed by atoms with Crippen LogP contribution in [-0.2, 0) is 6.54 Å². The predicted octanol–water partition coefficient (Wildman–Crippen LogP) is 4.48. The molecule has 0 aliphatic carbocycles. The normalized spacial score (nSPS) is 13.6. The van der Waals surface area contributed by atoms with Gasteiger partial charge in [0.1, 0.15) is 11.6 Å². The van der Waals surface area contributed by atoms with E-state index in [1.54, 1.807) is 18.2 Å². The second-order valence-electron chi connectivity index (χ2n) is 7.40. The molecule has 31 heavy (non-hydrogen) atoms. The molecule has 1 fully saturated rings. The molecule has 4 aromatic rings. The number of nitrogens with zero attached hydrogens (tertiary/aromatic N) is 5. The van der Waals surface area contributed by atoms with Crippen molar-refractivity contribution in [2.75, 3.05) is 18.0 Å². The molecule has 0 atom stereocenters. The third kappa shape index (κ3) is 3.81. The monoisotopic (exact) mass is 420 g/mol. The van der Waals surface area contributed by atoms with Crippen molar-refractivity contribution in [3.63, 3.8) is 0 Å². The van der Waals surface area contributed by atoms with Crippen molar-refractivity contribution in [2.24, 2.45) is 0 Å². The van der Waals surface area contributed by atoms with Gasteiger partial charge in [-0.1, -0.05) is 24.3 Å². The minimum Gasteiger partial charge on any atom is -0.434 e. The molecule has 5 rings (SSSR count). The predicted molar refractivity (Wildman–Crippen MR) is 114 cm³/mol. The van der Waals surface area contributed by atoms with Gasteiger partial charge in [0.15, 0.2) is 0 Å². The van der Waals surface area contributed by atoms with Crippen LogP contribution in [0.4, 0.5) is 14.7 Å². The van der Waals surface area contributed by atoms with E-state index in [1.807, 2.05) is 48.1 Å². The highest BCUT2D eigenvalue weighted by Gasteiger charge is 2.18. The summed E-state index contributed by atoms with van der Waals surface area (Å²) in [5.41, 5.74) is 4.27. The topological polar surface area (TPSA) is 56.1 Å². The maximum Gasteiger partial charge on any atom is 0.387 e. The van der Waals surface area contributed by atoms with E-state index in [0.717, 1.165) is 47.0 Å². The minimum atomic E-state index is -2.87. The minimum absolute atomic E-state index is 0.169. The molecule has 2 aromatic heterocycles. The summed E-state index contributed by atoms with van der Waals surface area (Å²) in [7, 11) is 0. The van der Waals surface area contributed by atoms with Crippen LogP contribution in [0.25, 0.3) is 22.2 Å². The second kappa shape index (κ2) is 7.94. The average Bonchev–Trinajstić information content (AvgIpc) is 3.03. The molecule has 0 saturated carbocycles. The van der Waals surface area contributed by atoms with Gasteiger partial charge in [-0.3, -0.25) is 0 Å². The van der Waals surface area contributed by atoms with Gasteiger partial charge in [0.25, 0.3) is 0 Å². The fourth-order valence-corrected chi connectivity index (χ4v) is 3.69. The Balaban J connectivity index is 1.49. The average molecular weight is 420 g/mol. The number of ether oxygens (including phenoxy) is 1. The van der Waals surface area contributed by atoms with Crippen molar-refractivity contribution in [1.82, 2.24) is 19.5 Å². The van der Waals surface area contributed by atoms with E-state index in [9.17, 15) is 8.78 Å². The largest absolute Gasteiger partial charge is 0.434 e. The number of imidazole rings is 1. The third-order valence-corrected chi connectivity index (χ3v) is 5.41. The molecule has 1 aliphatic rings. The Bertz CT molecular complexity index is 1220. The molecule has 0 spiro atoms. The lowest BCUT2D eigenvalue weighted by Gasteiger charge is -2.30. The zero-order valence-electron chi connectivity index (χ0n) is 16.9. The van der Waals surface area contributed by atoms with Gasteiger partial charge in [0, 0.05) is 43.0 Å². The Hall–Kier alpha value is -3.55. The van der Waals surface area contributed by atoms with Crippen molar-refractivity contribution in [3.05, 3.63) is 72.7 Å². The number of hydrogen-bond acceptors (Lipinski definition) is 5. The highest BCUT2D eigenvalue weighted by atomic mass is 19.3. The van der Waals surface area contributed by atoms with Crippen molar-refractivity contribution >= 4 is 17.0 Å². The third-order valence-electron chi connectivity index (χ3n) is 5.41. The summed E-state index contributed by atoms with van der Waals surface area (Å²) >= 11 is 0. The van der Waals surface area contributed by atoms with Crippen molar-refractivity contribution in [1.29, 1.82) is 0 Å². The molecule has 0 N–H and O–H groups in total. The number of fused-ring (bicyclic) bond motifs is 1. The summed E-state index contributed by atoms with van der Waals surface area (Å²) < 4.78 is 32.3. The standard InChI is InChI=1S/C23H20F2N5O/c1-15-28-19-8-7-16(18-12-26-23(27-13-18)29-9-4-10-29)11-20(19)30(15)14-17-5-2-3-6-21(17)31-22(24)25/h2-8,11-13,22H,9-10,14H2,1H3. The van der Waals surface area contributed by atoms with Crippen molar-refractivity contribution in [3.8, 4) is 16.9 Å². The summed E-state index contributed by atoms with van der Waals surface area (Å²) in [6, 6.07) is 12.8. The molecule has 157 valence electrons. The van der Waals surface area contributed by atoms with E-state index in [2.05, 4.69) is 26.3 Å². The summed E-state index contributed by atoms with van der Waals surface area (Å²) in [4.78, 5) is 15.7. The molecule has 0 bridgehead atoms. The first-order chi connectivity index (χ1) is 15.1. The Kier molecular flexibility index (Phi) is 4.97. The highest BCUT2D eigenvalue weighted by molar-refractivity contribution is 5.82. The molecule has 1 aliphatic heterocycles. The Labute approximate surface area is 178 Å². The van der Waals surface area contributed by atoms with Gasteiger partial charge in [0.05, 0.1) is 17.6 Å². The molecular formula is C23H20F2N5O. The SMILES string of the molecule is Cc1nc2ccc(-c3cnc(N4C[CH]C4)nc3)cc2n1Cc1ccccc1OC(F)F. The van der Waals surface area contributed by atoms with E-state index in [4.69, 9.17) is 4.74 Å². The number of benzene rings is 2. The van der Waals surface area contributed by atoms with Gasteiger partial charge in [-0.05, 0) is 30.7 Å². The lowest BCUT2D eigenvalue weighted by molar-refractivity contribution is -0.0504. The van der Waals surface area contributed by atoms with Crippen LogP contribution in [0.15, 0.2) is 54.9 Å². The van der Waals surface area contributed by atoms with Crippen LogP contribution < -0.4 is 9.64 Å². The number of aryl methyl sites for hydroxylation is 1. The fourth-order valence-electron chi connectivity index (χ4n) is 3.69. The molecule has 6 nitrogen and oxygen atoms in total. The van der Waals surface area contributed by atoms with Gasteiger partial charge in [0.2, 0.25) is 5.95 Å². The summed E-state index contributed by atoms with van der Waals surface area (Å²) in [5.74, 6) is 1.69. The number of para-hydroxylation sites is 1. The molecule has 0 unspecified atom stereocenters. The number of rotatable bonds is 6. The number of hydrogen-bond donors (Lipinski definition) is 0. The molecule has 2 aromatic carbocycles. The van der Waals surface area contributed by atoms with Crippen LogP contribution in [-0.4, -0.2) is 39.2 Å². The van der Waals surface area contributed by atoms with E-state index in [1.165, 1.54) is 0 Å². The molecule has 3 heterocycles. The zero-order chi connectivity index (χ0) is 21.4. The van der Waals surface area contributed by atoms with Crippen LogP contribution >= 0.6 is 0 Å². The molecule has 1 saturated heterocycles. The zero-order valence-corrected chi connectivity index (χ0v) is 16.9. The Morgan fingerprint density at radius 2 is 1.81 bits per heavy atom. The van der Waals surface area contributed by atoms with Gasteiger partial charge < -0.3 is 14.2 Å². The lowest BCUT2D eigenvalue weighted by atomic mass is 10.1. The first-order valence-corrected chi connectivity index (χ1v) is 9.97. The molecule has 0 amide bonds. The van der Waals surface area contributed by atoms with Crippen molar-refractivity contribution in [2.45, 2.75) is 20.1 Å². The smallest absolute Gasteiger partial charge is 0.387 e. The number of halogens is 2. The van der Waals surface area contributed by atoms with Crippen molar-refractivity contribution < 1.29 is 13.5 Å².